The molecule has 2 N–H and O–H groups in total. The van der Waals surface area contributed by atoms with Crippen molar-refractivity contribution >= 4 is 16.2 Å². The summed E-state index contributed by atoms with van der Waals surface area (Å²) >= 11 is 0. The van der Waals surface area contributed by atoms with E-state index in [9.17, 15) is 9.90 Å². The van der Waals surface area contributed by atoms with E-state index in [1.165, 1.54) is 6.20 Å². The molecule has 0 amide bonds. The average Bonchev–Trinajstić information content (AvgIpc) is 2.09. The molecule has 1 aromatic rings. The van der Waals surface area contributed by atoms with E-state index in [0.717, 1.165) is 0 Å². The summed E-state index contributed by atoms with van der Waals surface area (Å²) in [5.41, 5.74) is 0.840. The van der Waals surface area contributed by atoms with E-state index in [0.29, 0.717) is 17.5 Å². The van der Waals surface area contributed by atoms with Crippen LogP contribution in [0.2, 0.25) is 0 Å². The molecule has 1 atom stereocenters. The highest BCUT2D eigenvalue weighted by molar-refractivity contribution is 6.92. The number of aromatic nitrogens is 1. The van der Waals surface area contributed by atoms with E-state index >= 15 is 0 Å². The smallest absolute Gasteiger partial charge is 0.154 e. The van der Waals surface area contributed by atoms with E-state index in [4.69, 9.17) is 5.11 Å². The van der Waals surface area contributed by atoms with Crippen LogP contribution in [0.5, 0.6) is 5.75 Å². The maximum absolute atomic E-state index is 10.5. The Bertz CT molecular complexity index is 315. The lowest BCUT2D eigenvalue weighted by Crippen LogP contribution is -1.96. The molecule has 0 aliphatic carbocycles. The van der Waals surface area contributed by atoms with Gasteiger partial charge in [0.15, 0.2) is 6.29 Å². The first kappa shape index (κ1) is 12.0. The van der Waals surface area contributed by atoms with E-state index in [2.05, 4.69) is 4.98 Å². The Hall–Kier alpha value is -0.990. The predicted molar refractivity (Wildman–Crippen MR) is 53.1 cm³/mol. The van der Waals surface area contributed by atoms with Crippen LogP contribution in [-0.2, 0) is 6.61 Å². The molecule has 0 radical (unpaired) electrons. The van der Waals surface area contributed by atoms with Gasteiger partial charge in [0.25, 0.3) is 0 Å². The van der Waals surface area contributed by atoms with Gasteiger partial charge in [0.2, 0.25) is 0 Å². The molecule has 1 aromatic heterocycles. The number of hydrogen-bond acceptors (Lipinski definition) is 4. The van der Waals surface area contributed by atoms with Crippen molar-refractivity contribution < 1.29 is 15.0 Å². The molecule has 0 saturated carbocycles. The molecule has 72 valence electrons. The van der Waals surface area contributed by atoms with Gasteiger partial charge in [-0.3, -0.25) is 9.78 Å². The van der Waals surface area contributed by atoms with Crippen molar-refractivity contribution in [3.05, 3.63) is 23.0 Å². The quantitative estimate of drug-likeness (QED) is 0.538. The lowest BCUT2D eigenvalue weighted by Gasteiger charge is -2.04. The summed E-state index contributed by atoms with van der Waals surface area (Å²) in [5.74, 6) is -0.156. The number of aliphatic hydroxyl groups excluding tert-OH is 1. The first-order chi connectivity index (χ1) is 5.70. The molecule has 1 rings (SSSR count). The number of hydrogen-bond donors (Lipinski definition) is 2. The second-order valence-corrected chi connectivity index (χ2v) is 2.41. The molecule has 1 heterocycles. The Kier molecular flexibility index (Phi) is 4.52. The number of carbonyl (C=O) groups excluding carboxylic acids is 1. The third kappa shape index (κ3) is 2.23. The Balaban J connectivity index is 0.00000144. The Morgan fingerprint density at radius 1 is 1.62 bits per heavy atom. The topological polar surface area (TPSA) is 70.4 Å². The van der Waals surface area contributed by atoms with Gasteiger partial charge < -0.3 is 10.2 Å². The standard InChI is InChI=1S/C8H9NO3.H3P/c1-5-8(12)7(4-11)6(3-10)2-9-5;/h2,4,10,12H,3H2,1H3;1H3. The number of aldehydes is 1. The molecular formula is C8H12NO3P. The molecular weight excluding hydrogens is 189 g/mol. The number of aliphatic hydroxyl groups is 1. The Morgan fingerprint density at radius 3 is 2.69 bits per heavy atom. The largest absolute Gasteiger partial charge is 0.505 e. The predicted octanol–water partition coefficient (Wildman–Crippen LogP) is 0.459. The molecule has 5 heteroatoms. The Labute approximate surface area is 79.2 Å². The number of aromatic hydroxyl groups is 1. The number of carbonyl (C=O) groups is 1. The number of aryl methyl sites for hydroxylation is 1. The van der Waals surface area contributed by atoms with Crippen LogP contribution in [0, 0.1) is 6.92 Å². The zero-order valence-electron chi connectivity index (χ0n) is 7.32. The molecule has 0 aliphatic rings. The molecule has 1 unspecified atom stereocenters. The summed E-state index contributed by atoms with van der Waals surface area (Å²) in [4.78, 5) is 14.2. The van der Waals surface area contributed by atoms with Gasteiger partial charge in [-0.15, -0.1) is 0 Å². The minimum Gasteiger partial charge on any atom is -0.505 e. The molecule has 0 aromatic carbocycles. The summed E-state index contributed by atoms with van der Waals surface area (Å²) in [6.45, 7) is 1.29. The Morgan fingerprint density at radius 2 is 2.23 bits per heavy atom. The van der Waals surface area contributed by atoms with E-state index in [1.807, 2.05) is 0 Å². The molecule has 13 heavy (non-hydrogen) atoms. The fourth-order valence-electron chi connectivity index (χ4n) is 0.910. The fraction of sp³-hybridized carbons (Fsp3) is 0.250. The molecule has 0 spiro atoms. The van der Waals surface area contributed by atoms with Crippen molar-refractivity contribution in [1.82, 2.24) is 4.98 Å². The van der Waals surface area contributed by atoms with Crippen molar-refractivity contribution in [2.24, 2.45) is 0 Å². The van der Waals surface area contributed by atoms with Crippen molar-refractivity contribution in [3.63, 3.8) is 0 Å². The molecule has 0 saturated heterocycles. The van der Waals surface area contributed by atoms with Crippen molar-refractivity contribution in [2.75, 3.05) is 0 Å². The summed E-state index contributed by atoms with van der Waals surface area (Å²) in [5, 5.41) is 18.1. The first-order valence-electron chi connectivity index (χ1n) is 3.44. The molecule has 0 aliphatic heterocycles. The monoisotopic (exact) mass is 201 g/mol. The minimum atomic E-state index is -0.297. The lowest BCUT2D eigenvalue weighted by atomic mass is 10.1. The second-order valence-electron chi connectivity index (χ2n) is 2.41. The van der Waals surface area contributed by atoms with Crippen molar-refractivity contribution in [3.8, 4) is 5.75 Å². The van der Waals surface area contributed by atoms with Crippen LogP contribution in [0.25, 0.3) is 0 Å². The zero-order chi connectivity index (χ0) is 9.14. The third-order valence-electron chi connectivity index (χ3n) is 1.65. The van der Waals surface area contributed by atoms with Crippen LogP contribution in [-0.4, -0.2) is 21.5 Å². The fourth-order valence-corrected chi connectivity index (χ4v) is 0.910. The third-order valence-corrected chi connectivity index (χ3v) is 1.65. The van der Waals surface area contributed by atoms with Gasteiger partial charge in [0, 0.05) is 11.8 Å². The SMILES string of the molecule is Cc1ncc(CO)c(C=O)c1O.P. The van der Waals surface area contributed by atoms with Gasteiger partial charge in [-0.1, -0.05) is 0 Å². The van der Waals surface area contributed by atoms with Crippen LogP contribution in [0.4, 0.5) is 0 Å². The van der Waals surface area contributed by atoms with Crippen molar-refractivity contribution in [2.45, 2.75) is 13.5 Å². The highest BCUT2D eigenvalue weighted by Gasteiger charge is 2.09. The minimum absolute atomic E-state index is 0. The van der Waals surface area contributed by atoms with Gasteiger partial charge in [0.1, 0.15) is 5.75 Å². The molecule has 4 nitrogen and oxygen atoms in total. The lowest BCUT2D eigenvalue weighted by molar-refractivity contribution is 0.111. The summed E-state index contributed by atoms with van der Waals surface area (Å²) in [6, 6.07) is 0. The second kappa shape index (κ2) is 4.90. The first-order valence-corrected chi connectivity index (χ1v) is 3.44. The zero-order valence-corrected chi connectivity index (χ0v) is 8.73. The maximum Gasteiger partial charge on any atom is 0.154 e. The summed E-state index contributed by atoms with van der Waals surface area (Å²) in [6.07, 6.45) is 1.88. The van der Waals surface area contributed by atoms with Crippen molar-refractivity contribution in [1.29, 1.82) is 0 Å². The number of nitrogens with zero attached hydrogens (tertiary/aromatic N) is 1. The van der Waals surface area contributed by atoms with E-state index in [1.54, 1.807) is 6.92 Å². The number of rotatable bonds is 2. The van der Waals surface area contributed by atoms with Gasteiger partial charge in [-0.05, 0) is 6.92 Å². The van der Waals surface area contributed by atoms with Gasteiger partial charge >= 0.3 is 0 Å². The van der Waals surface area contributed by atoms with Crippen LogP contribution in [0.1, 0.15) is 21.6 Å². The van der Waals surface area contributed by atoms with E-state index < -0.39 is 0 Å². The highest BCUT2D eigenvalue weighted by Crippen LogP contribution is 2.21. The van der Waals surface area contributed by atoms with Gasteiger partial charge in [-0.25, -0.2) is 0 Å². The van der Waals surface area contributed by atoms with Gasteiger partial charge in [0.05, 0.1) is 17.9 Å². The summed E-state index contributed by atoms with van der Waals surface area (Å²) < 4.78 is 0. The molecule has 0 fully saturated rings. The van der Waals surface area contributed by atoms with Crippen LogP contribution in [0.3, 0.4) is 0 Å². The summed E-state index contributed by atoms with van der Waals surface area (Å²) in [7, 11) is 0. The van der Waals surface area contributed by atoms with Gasteiger partial charge in [-0.2, -0.15) is 9.90 Å². The normalized spacial score (nSPS) is 9.08. The number of pyridine rings is 1. The highest BCUT2D eigenvalue weighted by atomic mass is 31.0. The maximum atomic E-state index is 10.5. The molecule has 0 bridgehead atoms. The average molecular weight is 201 g/mol. The van der Waals surface area contributed by atoms with Crippen LogP contribution >= 0.6 is 9.90 Å². The van der Waals surface area contributed by atoms with Crippen LogP contribution in [0.15, 0.2) is 6.20 Å². The van der Waals surface area contributed by atoms with Crippen LogP contribution < -0.4 is 0 Å². The van der Waals surface area contributed by atoms with E-state index in [-0.39, 0.29) is 27.8 Å².